The van der Waals surface area contributed by atoms with E-state index in [1.165, 1.54) is 66.8 Å². The van der Waals surface area contributed by atoms with E-state index in [9.17, 15) is 0 Å². The second-order valence-corrected chi connectivity index (χ2v) is 19.1. The van der Waals surface area contributed by atoms with Crippen molar-refractivity contribution < 1.29 is 4.42 Å². The van der Waals surface area contributed by atoms with Crippen LogP contribution >= 0.6 is 0 Å². The third kappa shape index (κ3) is 6.87. The number of para-hydroxylation sites is 1. The normalized spacial score (nSPS) is 12.5. The van der Waals surface area contributed by atoms with Gasteiger partial charge >= 0.3 is 0 Å². The summed E-state index contributed by atoms with van der Waals surface area (Å²) in [5.41, 5.74) is 21.2. The third-order valence-corrected chi connectivity index (χ3v) is 15.1. The van der Waals surface area contributed by atoms with E-state index in [2.05, 4.69) is 290 Å². The Morgan fingerprint density at radius 3 is 1.45 bits per heavy atom. The molecule has 1 aliphatic carbocycles. The Morgan fingerprint density at radius 1 is 0.301 bits per heavy atom. The quantitative estimate of drug-likeness (QED) is 0.143. The van der Waals surface area contributed by atoms with Crippen LogP contribution in [0.2, 0.25) is 0 Å². The molecular weight excluding hydrogens is 883 g/mol. The van der Waals surface area contributed by atoms with E-state index >= 15 is 0 Å². The first-order chi connectivity index (χ1) is 36.2. The molecule has 14 rings (SSSR count). The number of hydrogen-bond acceptors (Lipinski definition) is 2. The summed E-state index contributed by atoms with van der Waals surface area (Å²) in [5, 5.41) is 4.34. The first kappa shape index (κ1) is 42.4. The van der Waals surface area contributed by atoms with Crippen molar-refractivity contribution in [2.24, 2.45) is 0 Å². The number of benzene rings is 12. The first-order valence-corrected chi connectivity index (χ1v) is 25.2. The van der Waals surface area contributed by atoms with Crippen LogP contribution < -0.4 is 4.90 Å². The number of furan rings is 1. The molecule has 0 saturated heterocycles. The van der Waals surface area contributed by atoms with Crippen molar-refractivity contribution in [1.29, 1.82) is 0 Å². The van der Waals surface area contributed by atoms with Gasteiger partial charge in [0.05, 0.1) is 16.5 Å². The van der Waals surface area contributed by atoms with E-state index < -0.39 is 5.41 Å². The highest BCUT2D eigenvalue weighted by Gasteiger charge is 2.47. The van der Waals surface area contributed by atoms with E-state index in [1.807, 2.05) is 0 Å². The maximum absolute atomic E-state index is 7.08. The second-order valence-electron chi connectivity index (χ2n) is 19.1. The summed E-state index contributed by atoms with van der Waals surface area (Å²) >= 11 is 0. The molecule has 12 aromatic carbocycles. The fourth-order valence-electron chi connectivity index (χ4n) is 11.9. The van der Waals surface area contributed by atoms with Crippen LogP contribution in [-0.4, -0.2) is 0 Å². The Labute approximate surface area is 425 Å². The molecule has 2 heteroatoms. The molecule has 0 spiro atoms. The minimum atomic E-state index is -0.606. The van der Waals surface area contributed by atoms with E-state index in [1.54, 1.807) is 0 Å². The second kappa shape index (κ2) is 17.4. The summed E-state index contributed by atoms with van der Waals surface area (Å²) in [6, 6.07) is 104. The van der Waals surface area contributed by atoms with Crippen molar-refractivity contribution in [1.82, 2.24) is 0 Å². The van der Waals surface area contributed by atoms with Gasteiger partial charge in [-0.3, -0.25) is 0 Å². The van der Waals surface area contributed by atoms with Gasteiger partial charge < -0.3 is 9.32 Å². The highest BCUT2D eigenvalue weighted by atomic mass is 16.3. The lowest BCUT2D eigenvalue weighted by Crippen LogP contribution is -2.28. The predicted octanol–water partition coefficient (Wildman–Crippen LogP) is 19.2. The van der Waals surface area contributed by atoms with Gasteiger partial charge in [-0.1, -0.05) is 231 Å². The molecule has 0 atom stereocenters. The molecule has 0 unspecified atom stereocenters. The molecule has 1 aromatic heterocycles. The topological polar surface area (TPSA) is 16.4 Å². The van der Waals surface area contributed by atoms with Gasteiger partial charge in [-0.25, -0.2) is 0 Å². The SMILES string of the molecule is c1ccc(-c2ccc(-c3cc(-c4cc5c(oc6cccc(N(c7ccccc7)c7ccc(-c8ccccc8)cc7)c65)c5ccccc45)cc4c3-c3ccccc3C4(c3ccccc3)c3ccccc3)cc2)cc1. The molecule has 0 fully saturated rings. The zero-order valence-electron chi connectivity index (χ0n) is 40.0. The lowest BCUT2D eigenvalue weighted by molar-refractivity contribution is 0.672. The summed E-state index contributed by atoms with van der Waals surface area (Å²) in [4.78, 5) is 2.37. The monoisotopic (exact) mass is 929 g/mol. The maximum Gasteiger partial charge on any atom is 0.143 e. The van der Waals surface area contributed by atoms with Gasteiger partial charge in [-0.2, -0.15) is 0 Å². The largest absolute Gasteiger partial charge is 0.455 e. The van der Waals surface area contributed by atoms with E-state index in [0.29, 0.717) is 0 Å². The Hall–Kier alpha value is -9.50. The number of fused-ring (bicyclic) bond motifs is 8. The fourth-order valence-corrected chi connectivity index (χ4v) is 11.9. The maximum atomic E-state index is 7.08. The summed E-state index contributed by atoms with van der Waals surface area (Å²) < 4.78 is 7.08. The van der Waals surface area contributed by atoms with Gasteiger partial charge in [-0.15, -0.1) is 0 Å². The fraction of sp³-hybridized carbons (Fsp3) is 0.0141. The van der Waals surface area contributed by atoms with E-state index in [4.69, 9.17) is 4.42 Å². The van der Waals surface area contributed by atoms with Crippen LogP contribution in [-0.2, 0) is 5.41 Å². The Morgan fingerprint density at radius 2 is 0.808 bits per heavy atom. The lowest BCUT2D eigenvalue weighted by Gasteiger charge is -2.34. The zero-order chi connectivity index (χ0) is 48.3. The van der Waals surface area contributed by atoms with Crippen LogP contribution in [0.3, 0.4) is 0 Å². The predicted molar refractivity (Wildman–Crippen MR) is 305 cm³/mol. The molecule has 0 amide bonds. The third-order valence-electron chi connectivity index (χ3n) is 15.1. The summed E-state index contributed by atoms with van der Waals surface area (Å²) in [6.45, 7) is 0. The van der Waals surface area contributed by atoms with Gasteiger partial charge in [0, 0.05) is 22.1 Å². The van der Waals surface area contributed by atoms with Crippen molar-refractivity contribution in [3.63, 3.8) is 0 Å². The van der Waals surface area contributed by atoms with Crippen LogP contribution in [0.5, 0.6) is 0 Å². The average Bonchev–Trinajstić information content (AvgIpc) is 4.07. The minimum absolute atomic E-state index is 0.606. The van der Waals surface area contributed by atoms with Crippen LogP contribution in [0.1, 0.15) is 22.3 Å². The molecule has 0 saturated carbocycles. The molecule has 1 aliphatic rings. The van der Waals surface area contributed by atoms with Crippen molar-refractivity contribution in [3.05, 3.63) is 307 Å². The van der Waals surface area contributed by atoms with Gasteiger partial charge in [0.25, 0.3) is 0 Å². The number of nitrogens with zero attached hydrogens (tertiary/aromatic N) is 1. The van der Waals surface area contributed by atoms with Crippen LogP contribution in [0, 0.1) is 0 Å². The van der Waals surface area contributed by atoms with Crippen molar-refractivity contribution in [2.75, 3.05) is 4.90 Å². The zero-order valence-corrected chi connectivity index (χ0v) is 40.0. The Balaban J connectivity index is 1.05. The van der Waals surface area contributed by atoms with Crippen molar-refractivity contribution in [2.45, 2.75) is 5.41 Å². The standard InChI is InChI=1S/C71H47NO/c1-6-21-48(22-7-1)50-37-39-52(40-38-50)62-45-53(46-65-68(62)60-33-18-19-34-64(60)71(65,54-25-10-3-11-26-54)55-27-12-4-13-28-55)61-47-63-69-66(35-20-36-67(69)73-70(63)59-32-17-16-31-58(59)61)72(56-29-14-5-15-30-56)57-43-41-51(42-44-57)49-23-8-2-9-24-49/h1-47H. The molecule has 0 radical (unpaired) electrons. The summed E-state index contributed by atoms with van der Waals surface area (Å²) in [7, 11) is 0. The van der Waals surface area contributed by atoms with Gasteiger partial charge in [0.1, 0.15) is 11.2 Å². The van der Waals surface area contributed by atoms with Gasteiger partial charge in [0.15, 0.2) is 0 Å². The number of hydrogen-bond donors (Lipinski definition) is 0. The molecule has 73 heavy (non-hydrogen) atoms. The summed E-state index contributed by atoms with van der Waals surface area (Å²) in [6.07, 6.45) is 0. The molecule has 0 N–H and O–H groups in total. The molecule has 0 aliphatic heterocycles. The minimum Gasteiger partial charge on any atom is -0.455 e. The highest BCUT2D eigenvalue weighted by Crippen LogP contribution is 2.60. The van der Waals surface area contributed by atoms with Crippen LogP contribution in [0.15, 0.2) is 290 Å². The van der Waals surface area contributed by atoms with Gasteiger partial charge in [0.2, 0.25) is 0 Å². The average molecular weight is 930 g/mol. The molecule has 2 nitrogen and oxygen atoms in total. The van der Waals surface area contributed by atoms with Gasteiger partial charge in [-0.05, 0) is 138 Å². The Bertz CT molecular complexity index is 4110. The molecule has 1 heterocycles. The first-order valence-electron chi connectivity index (χ1n) is 25.2. The van der Waals surface area contributed by atoms with E-state index in [0.717, 1.165) is 60.9 Å². The summed E-state index contributed by atoms with van der Waals surface area (Å²) in [5.74, 6) is 0. The smallest absolute Gasteiger partial charge is 0.143 e. The number of rotatable bonds is 9. The molecular formula is C71H47NO. The van der Waals surface area contributed by atoms with E-state index in [-0.39, 0.29) is 0 Å². The lowest BCUT2D eigenvalue weighted by atomic mass is 9.67. The molecule has 0 bridgehead atoms. The van der Waals surface area contributed by atoms with Crippen molar-refractivity contribution >= 4 is 49.8 Å². The van der Waals surface area contributed by atoms with Crippen LogP contribution in [0.25, 0.3) is 88.3 Å². The van der Waals surface area contributed by atoms with Crippen LogP contribution in [0.4, 0.5) is 17.1 Å². The van der Waals surface area contributed by atoms with Crippen molar-refractivity contribution in [3.8, 4) is 55.6 Å². The number of anilines is 3. The molecule has 342 valence electrons. The molecule has 13 aromatic rings. The highest BCUT2D eigenvalue weighted by molar-refractivity contribution is 6.23. The Kier molecular flexibility index (Phi) is 10.1.